The fourth-order valence-electron chi connectivity index (χ4n) is 1.81. The summed E-state index contributed by atoms with van der Waals surface area (Å²) < 4.78 is 0. The first kappa shape index (κ1) is 14.7. The molecule has 0 aliphatic carbocycles. The summed E-state index contributed by atoms with van der Waals surface area (Å²) in [6.45, 7) is 2.67. The molecule has 0 aliphatic rings. The van der Waals surface area contributed by atoms with Crippen LogP contribution in [0.3, 0.4) is 0 Å². The van der Waals surface area contributed by atoms with Crippen molar-refractivity contribution < 1.29 is 4.79 Å². The molecule has 18 heavy (non-hydrogen) atoms. The smallest absolute Gasteiger partial charge is 0.226 e. The van der Waals surface area contributed by atoms with Gasteiger partial charge in [-0.15, -0.1) is 0 Å². The first-order valence-electron chi connectivity index (χ1n) is 6.49. The van der Waals surface area contributed by atoms with E-state index >= 15 is 0 Å². The number of nitrogens with zero attached hydrogens (tertiary/aromatic N) is 1. The van der Waals surface area contributed by atoms with Crippen LogP contribution in [-0.2, 0) is 11.2 Å². The Morgan fingerprint density at radius 3 is 2.06 bits per heavy atom. The monoisotopic (exact) mass is 249 g/mol. The Morgan fingerprint density at radius 1 is 1.00 bits per heavy atom. The molecule has 1 amide bonds. The van der Waals surface area contributed by atoms with Gasteiger partial charge in [0.25, 0.3) is 0 Å². The molecule has 4 heteroatoms. The van der Waals surface area contributed by atoms with Gasteiger partial charge < -0.3 is 16.4 Å². The van der Waals surface area contributed by atoms with Crippen molar-refractivity contribution in [1.29, 1.82) is 0 Å². The molecular formula is C14H23N3O. The lowest BCUT2D eigenvalue weighted by Crippen LogP contribution is -2.35. The molecule has 4 nitrogen and oxygen atoms in total. The van der Waals surface area contributed by atoms with Crippen LogP contribution in [0.15, 0.2) is 30.3 Å². The van der Waals surface area contributed by atoms with E-state index in [1.54, 1.807) is 0 Å². The third-order valence-electron chi connectivity index (χ3n) is 2.82. The van der Waals surface area contributed by atoms with Crippen LogP contribution in [0.5, 0.6) is 0 Å². The van der Waals surface area contributed by atoms with Crippen LogP contribution in [0.1, 0.15) is 18.4 Å². The van der Waals surface area contributed by atoms with Crippen molar-refractivity contribution in [2.24, 2.45) is 11.5 Å². The lowest BCUT2D eigenvalue weighted by atomic mass is 10.1. The predicted octanol–water partition coefficient (Wildman–Crippen LogP) is 0.755. The summed E-state index contributed by atoms with van der Waals surface area (Å²) in [7, 11) is 0. The summed E-state index contributed by atoms with van der Waals surface area (Å²) in [6.07, 6.45) is 2.13. The van der Waals surface area contributed by atoms with Gasteiger partial charge in [0.2, 0.25) is 5.91 Å². The Bertz CT molecular complexity index is 332. The Balaban J connectivity index is 2.52. The summed E-state index contributed by atoms with van der Waals surface area (Å²) in [6, 6.07) is 9.80. The molecule has 0 radical (unpaired) electrons. The maximum atomic E-state index is 12.2. The van der Waals surface area contributed by atoms with Crippen molar-refractivity contribution >= 4 is 5.91 Å². The predicted molar refractivity (Wildman–Crippen MR) is 74.1 cm³/mol. The number of rotatable bonds is 8. The highest BCUT2D eigenvalue weighted by atomic mass is 16.2. The second-order valence-electron chi connectivity index (χ2n) is 4.33. The van der Waals surface area contributed by atoms with Gasteiger partial charge in [0.05, 0.1) is 6.42 Å². The summed E-state index contributed by atoms with van der Waals surface area (Å²) in [5.41, 5.74) is 12.0. The van der Waals surface area contributed by atoms with Crippen LogP contribution in [0.4, 0.5) is 0 Å². The molecular weight excluding hydrogens is 226 g/mol. The highest BCUT2D eigenvalue weighted by Crippen LogP contribution is 2.04. The summed E-state index contributed by atoms with van der Waals surface area (Å²) >= 11 is 0. The second-order valence-corrected chi connectivity index (χ2v) is 4.33. The van der Waals surface area contributed by atoms with E-state index in [0.717, 1.165) is 31.5 Å². The minimum Gasteiger partial charge on any atom is -0.342 e. The number of carbonyl (C=O) groups is 1. The lowest BCUT2D eigenvalue weighted by Gasteiger charge is -2.22. The molecule has 0 saturated heterocycles. The van der Waals surface area contributed by atoms with Crippen LogP contribution >= 0.6 is 0 Å². The molecule has 0 spiro atoms. The van der Waals surface area contributed by atoms with Crippen LogP contribution in [0, 0.1) is 0 Å². The van der Waals surface area contributed by atoms with Gasteiger partial charge in [0.1, 0.15) is 0 Å². The standard InChI is InChI=1S/C14H23N3O/c15-8-4-10-17(11-5-9-16)14(18)12-13-6-2-1-3-7-13/h1-3,6-7H,4-5,8-12,15-16H2. The fraction of sp³-hybridized carbons (Fsp3) is 0.500. The van der Waals surface area contributed by atoms with E-state index in [1.165, 1.54) is 0 Å². The zero-order valence-corrected chi connectivity index (χ0v) is 10.8. The topological polar surface area (TPSA) is 72.3 Å². The number of nitrogens with two attached hydrogens (primary N) is 2. The SMILES string of the molecule is NCCCN(CCCN)C(=O)Cc1ccccc1. The Labute approximate surface area is 109 Å². The van der Waals surface area contributed by atoms with E-state index in [0.29, 0.717) is 19.5 Å². The van der Waals surface area contributed by atoms with E-state index in [4.69, 9.17) is 11.5 Å². The quantitative estimate of drug-likeness (QED) is 0.714. The number of amides is 1. The summed E-state index contributed by atoms with van der Waals surface area (Å²) in [4.78, 5) is 14.0. The van der Waals surface area contributed by atoms with E-state index in [9.17, 15) is 4.79 Å². The average molecular weight is 249 g/mol. The first-order valence-corrected chi connectivity index (χ1v) is 6.49. The van der Waals surface area contributed by atoms with Gasteiger partial charge in [-0.2, -0.15) is 0 Å². The Kier molecular flexibility index (Phi) is 7.06. The van der Waals surface area contributed by atoms with Gasteiger partial charge in [-0.05, 0) is 31.5 Å². The molecule has 0 aromatic heterocycles. The van der Waals surface area contributed by atoms with E-state index in [2.05, 4.69) is 0 Å². The lowest BCUT2D eigenvalue weighted by molar-refractivity contribution is -0.130. The summed E-state index contributed by atoms with van der Waals surface area (Å²) in [5, 5.41) is 0. The van der Waals surface area contributed by atoms with Gasteiger partial charge >= 0.3 is 0 Å². The minimum atomic E-state index is 0.156. The second kappa shape index (κ2) is 8.66. The first-order chi connectivity index (χ1) is 8.77. The maximum Gasteiger partial charge on any atom is 0.226 e. The molecule has 1 rings (SSSR count). The minimum absolute atomic E-state index is 0.156. The number of benzene rings is 1. The zero-order chi connectivity index (χ0) is 13.2. The third-order valence-corrected chi connectivity index (χ3v) is 2.82. The van der Waals surface area contributed by atoms with Gasteiger partial charge in [-0.25, -0.2) is 0 Å². The van der Waals surface area contributed by atoms with E-state index < -0.39 is 0 Å². The van der Waals surface area contributed by atoms with Crippen LogP contribution in [0.25, 0.3) is 0 Å². The van der Waals surface area contributed by atoms with Crippen molar-refractivity contribution in [3.8, 4) is 0 Å². The van der Waals surface area contributed by atoms with Gasteiger partial charge in [-0.1, -0.05) is 30.3 Å². The normalized spacial score (nSPS) is 10.3. The molecule has 0 bridgehead atoms. The molecule has 0 aliphatic heterocycles. The Hall–Kier alpha value is -1.39. The van der Waals surface area contributed by atoms with Gasteiger partial charge in [0.15, 0.2) is 0 Å². The van der Waals surface area contributed by atoms with E-state index in [-0.39, 0.29) is 5.91 Å². The van der Waals surface area contributed by atoms with Crippen LogP contribution in [-0.4, -0.2) is 37.0 Å². The van der Waals surface area contributed by atoms with Crippen molar-refractivity contribution in [2.45, 2.75) is 19.3 Å². The maximum absolute atomic E-state index is 12.2. The third kappa shape index (κ3) is 5.29. The van der Waals surface area contributed by atoms with Crippen molar-refractivity contribution in [3.63, 3.8) is 0 Å². The number of hydrogen-bond acceptors (Lipinski definition) is 3. The molecule has 0 saturated carbocycles. The molecule has 1 aromatic carbocycles. The van der Waals surface area contributed by atoms with E-state index in [1.807, 2.05) is 35.2 Å². The van der Waals surface area contributed by atoms with Gasteiger partial charge in [-0.3, -0.25) is 4.79 Å². The molecule has 0 unspecified atom stereocenters. The average Bonchev–Trinajstić information content (AvgIpc) is 2.40. The highest BCUT2D eigenvalue weighted by Gasteiger charge is 2.12. The van der Waals surface area contributed by atoms with Crippen LogP contribution < -0.4 is 11.5 Å². The van der Waals surface area contributed by atoms with Crippen molar-refractivity contribution in [1.82, 2.24) is 4.90 Å². The largest absolute Gasteiger partial charge is 0.342 e. The van der Waals surface area contributed by atoms with Crippen LogP contribution in [0.2, 0.25) is 0 Å². The molecule has 0 heterocycles. The molecule has 1 aromatic rings. The van der Waals surface area contributed by atoms with Crippen molar-refractivity contribution in [2.75, 3.05) is 26.2 Å². The van der Waals surface area contributed by atoms with Crippen molar-refractivity contribution in [3.05, 3.63) is 35.9 Å². The molecule has 100 valence electrons. The molecule has 0 fully saturated rings. The fourth-order valence-corrected chi connectivity index (χ4v) is 1.81. The molecule has 4 N–H and O–H groups in total. The highest BCUT2D eigenvalue weighted by molar-refractivity contribution is 5.78. The number of carbonyl (C=O) groups excluding carboxylic acids is 1. The number of hydrogen-bond donors (Lipinski definition) is 2. The van der Waals surface area contributed by atoms with Gasteiger partial charge in [0, 0.05) is 13.1 Å². The summed E-state index contributed by atoms with van der Waals surface area (Å²) in [5.74, 6) is 0.156. The Morgan fingerprint density at radius 2 is 1.56 bits per heavy atom. The zero-order valence-electron chi connectivity index (χ0n) is 10.8. The molecule has 0 atom stereocenters.